The Morgan fingerprint density at radius 3 is 2.70 bits per heavy atom. The summed E-state index contributed by atoms with van der Waals surface area (Å²) in [5.74, 6) is -0.916. The van der Waals surface area contributed by atoms with E-state index in [1.165, 1.54) is 0 Å². The van der Waals surface area contributed by atoms with Crippen molar-refractivity contribution in [2.75, 3.05) is 0 Å². The van der Waals surface area contributed by atoms with E-state index in [0.29, 0.717) is 0 Å². The summed E-state index contributed by atoms with van der Waals surface area (Å²) in [6.45, 7) is 3.66. The van der Waals surface area contributed by atoms with E-state index in [0.717, 1.165) is 12.8 Å². The molecule has 0 aromatic heterocycles. The van der Waals surface area contributed by atoms with Gasteiger partial charge in [0.15, 0.2) is 0 Å². The average Bonchev–Trinajstić information content (AvgIpc) is 1.88. The molecular formula is C8H14O2. The summed E-state index contributed by atoms with van der Waals surface area (Å²) >= 11 is 0. The van der Waals surface area contributed by atoms with Crippen LogP contribution < -0.4 is 0 Å². The van der Waals surface area contributed by atoms with Gasteiger partial charge in [-0.3, -0.25) is 4.79 Å². The molecule has 0 fully saturated rings. The van der Waals surface area contributed by atoms with Crippen LogP contribution in [0, 0.1) is 5.92 Å². The highest BCUT2D eigenvalue weighted by Crippen LogP contribution is 2.05. The van der Waals surface area contributed by atoms with E-state index in [1.807, 2.05) is 19.1 Å². The quantitative estimate of drug-likeness (QED) is 0.610. The third kappa shape index (κ3) is 4.13. The maximum Gasteiger partial charge on any atom is 0.306 e. The normalized spacial score (nSPS) is 13.8. The highest BCUT2D eigenvalue weighted by molar-refractivity contribution is 5.69. The highest BCUT2D eigenvalue weighted by Gasteiger charge is 2.07. The van der Waals surface area contributed by atoms with Gasteiger partial charge in [0.1, 0.15) is 0 Å². The Morgan fingerprint density at radius 1 is 1.70 bits per heavy atom. The zero-order chi connectivity index (χ0) is 7.98. The topological polar surface area (TPSA) is 37.3 Å². The summed E-state index contributed by atoms with van der Waals surface area (Å²) in [6, 6.07) is 0. The van der Waals surface area contributed by atoms with Crippen LogP contribution in [-0.2, 0) is 4.79 Å². The highest BCUT2D eigenvalue weighted by atomic mass is 16.4. The molecule has 0 radical (unpaired) electrons. The first-order valence-electron chi connectivity index (χ1n) is 3.52. The van der Waals surface area contributed by atoms with Crippen molar-refractivity contribution in [3.8, 4) is 0 Å². The molecule has 0 aliphatic rings. The SMILES string of the molecule is C/C=C/CC[C@H](C)C(=O)O. The molecule has 1 N–H and O–H groups in total. The van der Waals surface area contributed by atoms with Gasteiger partial charge in [-0.1, -0.05) is 19.1 Å². The predicted molar refractivity (Wildman–Crippen MR) is 40.8 cm³/mol. The van der Waals surface area contributed by atoms with E-state index < -0.39 is 5.97 Å². The zero-order valence-corrected chi connectivity index (χ0v) is 6.50. The van der Waals surface area contributed by atoms with Crippen molar-refractivity contribution >= 4 is 5.97 Å². The maximum atomic E-state index is 10.3. The Bertz CT molecular complexity index is 127. The first kappa shape index (κ1) is 9.21. The van der Waals surface area contributed by atoms with Gasteiger partial charge >= 0.3 is 5.97 Å². The van der Waals surface area contributed by atoms with Gasteiger partial charge in [0.05, 0.1) is 5.92 Å². The molecule has 0 spiro atoms. The summed E-state index contributed by atoms with van der Waals surface area (Å²) in [7, 11) is 0. The van der Waals surface area contributed by atoms with Crippen LogP contribution in [0.25, 0.3) is 0 Å². The van der Waals surface area contributed by atoms with E-state index in [-0.39, 0.29) is 5.92 Å². The molecular weight excluding hydrogens is 128 g/mol. The lowest BCUT2D eigenvalue weighted by molar-refractivity contribution is -0.141. The molecule has 10 heavy (non-hydrogen) atoms. The zero-order valence-electron chi connectivity index (χ0n) is 6.50. The van der Waals surface area contributed by atoms with Gasteiger partial charge in [-0.2, -0.15) is 0 Å². The molecule has 0 amide bonds. The summed E-state index contributed by atoms with van der Waals surface area (Å²) in [4.78, 5) is 10.3. The van der Waals surface area contributed by atoms with Crippen molar-refractivity contribution in [3.05, 3.63) is 12.2 Å². The van der Waals surface area contributed by atoms with Crippen molar-refractivity contribution in [2.24, 2.45) is 5.92 Å². The van der Waals surface area contributed by atoms with E-state index in [1.54, 1.807) is 6.92 Å². The van der Waals surface area contributed by atoms with Crippen molar-refractivity contribution in [3.63, 3.8) is 0 Å². The third-order valence-electron chi connectivity index (χ3n) is 1.42. The second-order valence-electron chi connectivity index (χ2n) is 2.39. The van der Waals surface area contributed by atoms with Crippen molar-refractivity contribution in [1.29, 1.82) is 0 Å². The first-order valence-corrected chi connectivity index (χ1v) is 3.52. The Hall–Kier alpha value is -0.790. The van der Waals surface area contributed by atoms with E-state index >= 15 is 0 Å². The smallest absolute Gasteiger partial charge is 0.306 e. The summed E-state index contributed by atoms with van der Waals surface area (Å²) in [5.41, 5.74) is 0. The number of rotatable bonds is 4. The minimum atomic E-state index is -0.704. The molecule has 0 heterocycles. The Balaban J connectivity index is 3.39. The van der Waals surface area contributed by atoms with Gasteiger partial charge in [-0.15, -0.1) is 0 Å². The lowest BCUT2D eigenvalue weighted by Crippen LogP contribution is -2.08. The number of carboxylic acid groups (broad SMARTS) is 1. The lowest BCUT2D eigenvalue weighted by Gasteiger charge is -2.01. The average molecular weight is 142 g/mol. The van der Waals surface area contributed by atoms with Crippen LogP contribution in [0.3, 0.4) is 0 Å². The van der Waals surface area contributed by atoms with Gasteiger partial charge in [-0.25, -0.2) is 0 Å². The molecule has 0 saturated carbocycles. The number of aliphatic carboxylic acids is 1. The van der Waals surface area contributed by atoms with Crippen molar-refractivity contribution < 1.29 is 9.90 Å². The summed E-state index contributed by atoms with van der Waals surface area (Å²) in [5, 5.41) is 8.46. The number of hydrogen-bond acceptors (Lipinski definition) is 1. The van der Waals surface area contributed by atoms with Gasteiger partial charge < -0.3 is 5.11 Å². The minimum Gasteiger partial charge on any atom is -0.481 e. The van der Waals surface area contributed by atoms with Gasteiger partial charge in [-0.05, 0) is 19.8 Å². The van der Waals surface area contributed by atoms with Gasteiger partial charge in [0.25, 0.3) is 0 Å². The fourth-order valence-electron chi connectivity index (χ4n) is 0.636. The van der Waals surface area contributed by atoms with E-state index in [4.69, 9.17) is 5.11 Å². The molecule has 0 aliphatic heterocycles. The standard InChI is InChI=1S/C8H14O2/c1-3-4-5-6-7(2)8(9)10/h3-4,7H,5-6H2,1-2H3,(H,9,10)/b4-3+/t7-/m0/s1. The van der Waals surface area contributed by atoms with Crippen LogP contribution in [-0.4, -0.2) is 11.1 Å². The molecule has 0 aromatic carbocycles. The molecule has 0 aliphatic carbocycles. The molecule has 0 rings (SSSR count). The minimum absolute atomic E-state index is 0.212. The lowest BCUT2D eigenvalue weighted by atomic mass is 10.1. The molecule has 58 valence electrons. The second-order valence-corrected chi connectivity index (χ2v) is 2.39. The number of allylic oxidation sites excluding steroid dienone is 2. The van der Waals surface area contributed by atoms with E-state index in [2.05, 4.69) is 0 Å². The number of carbonyl (C=O) groups is 1. The summed E-state index contributed by atoms with van der Waals surface area (Å²) < 4.78 is 0. The van der Waals surface area contributed by atoms with Crippen molar-refractivity contribution in [2.45, 2.75) is 26.7 Å². The molecule has 1 atom stereocenters. The third-order valence-corrected chi connectivity index (χ3v) is 1.42. The molecule has 0 bridgehead atoms. The van der Waals surface area contributed by atoms with Gasteiger partial charge in [0, 0.05) is 0 Å². The van der Waals surface area contributed by atoms with Crippen LogP contribution in [0.2, 0.25) is 0 Å². The fraction of sp³-hybridized carbons (Fsp3) is 0.625. The largest absolute Gasteiger partial charge is 0.481 e. The Kier molecular flexibility index (Phi) is 4.63. The molecule has 0 aromatic rings. The maximum absolute atomic E-state index is 10.3. The van der Waals surface area contributed by atoms with Crippen LogP contribution in [0.5, 0.6) is 0 Å². The van der Waals surface area contributed by atoms with Gasteiger partial charge in [0.2, 0.25) is 0 Å². The van der Waals surface area contributed by atoms with Crippen LogP contribution in [0.1, 0.15) is 26.7 Å². The summed E-state index contributed by atoms with van der Waals surface area (Å²) in [6.07, 6.45) is 5.53. The molecule has 0 unspecified atom stereocenters. The van der Waals surface area contributed by atoms with Crippen LogP contribution >= 0.6 is 0 Å². The van der Waals surface area contributed by atoms with Crippen LogP contribution in [0.4, 0.5) is 0 Å². The first-order chi connectivity index (χ1) is 4.68. The Morgan fingerprint density at radius 2 is 2.30 bits per heavy atom. The van der Waals surface area contributed by atoms with E-state index in [9.17, 15) is 4.79 Å². The number of carboxylic acids is 1. The molecule has 0 saturated heterocycles. The molecule has 2 heteroatoms. The number of hydrogen-bond donors (Lipinski definition) is 1. The Labute approximate surface area is 61.6 Å². The van der Waals surface area contributed by atoms with Crippen molar-refractivity contribution in [1.82, 2.24) is 0 Å². The fourth-order valence-corrected chi connectivity index (χ4v) is 0.636. The van der Waals surface area contributed by atoms with Crippen LogP contribution in [0.15, 0.2) is 12.2 Å². The second kappa shape index (κ2) is 5.03. The molecule has 2 nitrogen and oxygen atoms in total. The monoisotopic (exact) mass is 142 g/mol. The predicted octanol–water partition coefficient (Wildman–Crippen LogP) is 2.06.